The van der Waals surface area contributed by atoms with E-state index in [1.165, 1.54) is 12.3 Å². The summed E-state index contributed by atoms with van der Waals surface area (Å²) in [5.41, 5.74) is 2.54. The van der Waals surface area contributed by atoms with Crippen LogP contribution in [0.2, 0.25) is 5.02 Å². The zero-order chi connectivity index (χ0) is 20.8. The van der Waals surface area contributed by atoms with Crippen LogP contribution in [0.15, 0.2) is 70.6 Å². The van der Waals surface area contributed by atoms with Crippen LogP contribution in [0.1, 0.15) is 17.0 Å². The molecule has 0 bridgehead atoms. The van der Waals surface area contributed by atoms with E-state index in [0.29, 0.717) is 10.7 Å². The first-order valence-electron chi connectivity index (χ1n) is 8.83. The molecule has 7 heteroatoms. The summed E-state index contributed by atoms with van der Waals surface area (Å²) in [4.78, 5) is 5.74. The highest BCUT2D eigenvalue weighted by atomic mass is 35.5. The van der Waals surface area contributed by atoms with Gasteiger partial charge in [-0.1, -0.05) is 47.1 Å². The fraction of sp³-hybridized carbons (Fsp3) is 0.136. The van der Waals surface area contributed by atoms with Crippen molar-refractivity contribution in [2.24, 2.45) is 0 Å². The molecule has 0 atom stereocenters. The third-order valence-electron chi connectivity index (χ3n) is 4.62. The molecule has 0 fully saturated rings. The summed E-state index contributed by atoms with van der Waals surface area (Å²) in [5.74, 6) is 0. The highest BCUT2D eigenvalue weighted by Gasteiger charge is 2.32. The number of benzene rings is 2. The van der Waals surface area contributed by atoms with Crippen molar-refractivity contribution < 1.29 is 13.2 Å². The van der Waals surface area contributed by atoms with E-state index in [1.54, 1.807) is 11.8 Å². The molecule has 2 aromatic carbocycles. The van der Waals surface area contributed by atoms with Gasteiger partial charge in [0.1, 0.15) is 5.69 Å². The van der Waals surface area contributed by atoms with Crippen LogP contribution in [-0.2, 0) is 6.18 Å². The fourth-order valence-electron chi connectivity index (χ4n) is 3.30. The Bertz CT molecular complexity index is 1200. The molecular formula is C22H16ClF3N2S. The molecule has 0 unspecified atom stereocenters. The molecule has 29 heavy (non-hydrogen) atoms. The predicted octanol–water partition coefficient (Wildman–Crippen LogP) is 7.47. The molecule has 0 spiro atoms. The van der Waals surface area contributed by atoms with Crippen LogP contribution in [0.25, 0.3) is 16.6 Å². The van der Waals surface area contributed by atoms with E-state index >= 15 is 0 Å². The van der Waals surface area contributed by atoms with Gasteiger partial charge in [0.2, 0.25) is 0 Å². The maximum absolute atomic E-state index is 12.9. The highest BCUT2D eigenvalue weighted by Crippen LogP contribution is 2.40. The van der Waals surface area contributed by atoms with Crippen LogP contribution in [-0.4, -0.2) is 9.55 Å². The van der Waals surface area contributed by atoms with E-state index in [4.69, 9.17) is 11.6 Å². The molecule has 0 aliphatic heterocycles. The molecule has 0 aliphatic carbocycles. The van der Waals surface area contributed by atoms with Crippen molar-refractivity contribution in [3.05, 3.63) is 82.8 Å². The van der Waals surface area contributed by atoms with Crippen LogP contribution in [0.4, 0.5) is 13.2 Å². The molecule has 0 aliphatic rings. The van der Waals surface area contributed by atoms with Crippen LogP contribution in [0, 0.1) is 13.8 Å². The number of aromatic nitrogens is 2. The molecule has 0 radical (unpaired) electrons. The Balaban J connectivity index is 1.88. The molecule has 0 saturated carbocycles. The molecular weight excluding hydrogens is 417 g/mol. The standard InChI is InChI=1S/C22H16ClF3N2S/c1-13-4-3-5-17(10-13)29-21-14(2)28(19-11-15(23)6-8-18(19)21)16-7-9-20(27-12-16)22(24,25)26/h3-12H,1-2H3. The Morgan fingerprint density at radius 2 is 1.79 bits per heavy atom. The van der Waals surface area contributed by atoms with Crippen molar-refractivity contribution >= 4 is 34.3 Å². The Labute approximate surface area is 175 Å². The monoisotopic (exact) mass is 432 g/mol. The lowest BCUT2D eigenvalue weighted by Crippen LogP contribution is -2.08. The van der Waals surface area contributed by atoms with E-state index in [1.807, 2.05) is 54.8 Å². The first-order valence-corrected chi connectivity index (χ1v) is 10.0. The van der Waals surface area contributed by atoms with Gasteiger partial charge in [-0.25, -0.2) is 4.98 Å². The molecule has 2 aromatic heterocycles. The number of hydrogen-bond acceptors (Lipinski definition) is 2. The fourth-order valence-corrected chi connectivity index (χ4v) is 4.62. The van der Waals surface area contributed by atoms with Gasteiger partial charge in [-0.05, 0) is 50.2 Å². The van der Waals surface area contributed by atoms with Crippen LogP contribution in [0.5, 0.6) is 0 Å². The van der Waals surface area contributed by atoms with Crippen molar-refractivity contribution in [3.63, 3.8) is 0 Å². The van der Waals surface area contributed by atoms with E-state index in [9.17, 15) is 13.2 Å². The van der Waals surface area contributed by atoms with Crippen LogP contribution in [0.3, 0.4) is 0 Å². The molecule has 4 rings (SSSR count). The Hall–Kier alpha value is -2.44. The van der Waals surface area contributed by atoms with Crippen molar-refractivity contribution in [2.75, 3.05) is 0 Å². The summed E-state index contributed by atoms with van der Waals surface area (Å²) in [7, 11) is 0. The summed E-state index contributed by atoms with van der Waals surface area (Å²) >= 11 is 7.84. The lowest BCUT2D eigenvalue weighted by Gasteiger charge is -2.11. The van der Waals surface area contributed by atoms with Gasteiger partial charge in [-0.15, -0.1) is 0 Å². The van der Waals surface area contributed by atoms with Gasteiger partial charge in [-0.2, -0.15) is 13.2 Å². The summed E-state index contributed by atoms with van der Waals surface area (Å²) < 4.78 is 40.6. The molecule has 0 amide bonds. The number of nitrogens with zero attached hydrogens (tertiary/aromatic N) is 2. The molecule has 2 nitrogen and oxygen atoms in total. The first kappa shape index (κ1) is 19.9. The molecule has 2 heterocycles. The van der Waals surface area contributed by atoms with Gasteiger partial charge < -0.3 is 4.57 Å². The molecule has 148 valence electrons. The number of aryl methyl sites for hydroxylation is 1. The third kappa shape index (κ3) is 3.87. The quantitative estimate of drug-likeness (QED) is 0.334. The SMILES string of the molecule is Cc1cccc(Sc2c(C)n(-c3ccc(C(F)(F)F)nc3)c3cc(Cl)ccc23)c1. The maximum atomic E-state index is 12.9. The zero-order valence-electron chi connectivity index (χ0n) is 15.6. The second-order valence-corrected chi connectivity index (χ2v) is 8.25. The normalized spacial score (nSPS) is 11.9. The lowest BCUT2D eigenvalue weighted by atomic mass is 10.2. The Kier molecular flexibility index (Phi) is 5.09. The van der Waals surface area contributed by atoms with Gasteiger partial charge in [0, 0.05) is 25.9 Å². The van der Waals surface area contributed by atoms with Gasteiger partial charge in [0.05, 0.1) is 17.4 Å². The van der Waals surface area contributed by atoms with Crippen molar-refractivity contribution in [3.8, 4) is 5.69 Å². The molecule has 4 aromatic rings. The summed E-state index contributed by atoms with van der Waals surface area (Å²) in [5, 5.41) is 1.54. The lowest BCUT2D eigenvalue weighted by molar-refractivity contribution is -0.141. The molecule has 0 N–H and O–H groups in total. The van der Waals surface area contributed by atoms with Gasteiger partial charge in [0.15, 0.2) is 0 Å². The minimum Gasteiger partial charge on any atom is -0.311 e. The summed E-state index contributed by atoms with van der Waals surface area (Å²) in [6, 6.07) is 16.2. The second-order valence-electron chi connectivity index (χ2n) is 6.73. The van der Waals surface area contributed by atoms with E-state index in [2.05, 4.69) is 11.1 Å². The van der Waals surface area contributed by atoms with Crippen LogP contribution >= 0.6 is 23.4 Å². The average Bonchev–Trinajstić information content (AvgIpc) is 2.92. The summed E-state index contributed by atoms with van der Waals surface area (Å²) in [6.45, 7) is 3.98. The number of alkyl halides is 3. The topological polar surface area (TPSA) is 17.8 Å². The number of rotatable bonds is 3. The number of halogens is 4. The van der Waals surface area contributed by atoms with Crippen molar-refractivity contribution in [1.82, 2.24) is 9.55 Å². The second kappa shape index (κ2) is 7.43. The first-order chi connectivity index (χ1) is 13.7. The molecule has 0 saturated heterocycles. The van der Waals surface area contributed by atoms with E-state index in [-0.39, 0.29) is 0 Å². The zero-order valence-corrected chi connectivity index (χ0v) is 17.2. The van der Waals surface area contributed by atoms with Crippen LogP contribution < -0.4 is 0 Å². The predicted molar refractivity (Wildman–Crippen MR) is 111 cm³/mol. The van der Waals surface area contributed by atoms with Gasteiger partial charge in [0.25, 0.3) is 0 Å². The Morgan fingerprint density at radius 1 is 1.00 bits per heavy atom. The minimum atomic E-state index is -4.47. The maximum Gasteiger partial charge on any atom is 0.433 e. The van der Waals surface area contributed by atoms with Crippen molar-refractivity contribution in [1.29, 1.82) is 0 Å². The van der Waals surface area contributed by atoms with E-state index < -0.39 is 11.9 Å². The van der Waals surface area contributed by atoms with Crippen molar-refractivity contribution in [2.45, 2.75) is 29.8 Å². The highest BCUT2D eigenvalue weighted by molar-refractivity contribution is 7.99. The minimum absolute atomic E-state index is 0.554. The third-order valence-corrected chi connectivity index (χ3v) is 6.06. The Morgan fingerprint density at radius 3 is 2.45 bits per heavy atom. The average molecular weight is 433 g/mol. The smallest absolute Gasteiger partial charge is 0.311 e. The summed E-state index contributed by atoms with van der Waals surface area (Å²) in [6.07, 6.45) is -3.22. The number of fused-ring (bicyclic) bond motifs is 1. The van der Waals surface area contributed by atoms with Gasteiger partial charge >= 0.3 is 6.18 Å². The number of pyridine rings is 1. The number of hydrogen-bond donors (Lipinski definition) is 0. The largest absolute Gasteiger partial charge is 0.433 e. The van der Waals surface area contributed by atoms with E-state index in [0.717, 1.165) is 38.0 Å². The van der Waals surface area contributed by atoms with Gasteiger partial charge in [-0.3, -0.25) is 0 Å².